The van der Waals surface area contributed by atoms with E-state index in [0.717, 1.165) is 19.6 Å². The van der Waals surface area contributed by atoms with E-state index in [2.05, 4.69) is 59.2 Å². The van der Waals surface area contributed by atoms with Gasteiger partial charge in [-0.2, -0.15) is 18.6 Å². The smallest absolute Gasteiger partial charge is 1.00 e. The van der Waals surface area contributed by atoms with Gasteiger partial charge in [0.2, 0.25) is 0 Å². The van der Waals surface area contributed by atoms with E-state index in [1.807, 2.05) is 36.8 Å². The molecule has 0 heterocycles. The van der Waals surface area contributed by atoms with Gasteiger partial charge >= 0.3 is 26.2 Å². The summed E-state index contributed by atoms with van der Waals surface area (Å²) in [6.07, 6.45) is 19.6. The number of rotatable bonds is 6. The molecule has 0 aromatic heterocycles. The van der Waals surface area contributed by atoms with Gasteiger partial charge in [0.1, 0.15) is 11.6 Å². The summed E-state index contributed by atoms with van der Waals surface area (Å²) in [5, 5.41) is 0. The van der Waals surface area contributed by atoms with Gasteiger partial charge in [0.15, 0.2) is 0 Å². The summed E-state index contributed by atoms with van der Waals surface area (Å²) >= 11 is 0. The maximum atomic E-state index is 3.31. The van der Waals surface area contributed by atoms with Gasteiger partial charge in [-0.25, -0.2) is 0 Å². The molecule has 0 atom stereocenters. The van der Waals surface area contributed by atoms with Crippen LogP contribution in [0.4, 0.5) is 0 Å². The fraction of sp³-hybridized carbons (Fsp3) is 0.143. The van der Waals surface area contributed by atoms with E-state index in [1.54, 1.807) is 0 Å². The van der Waals surface area contributed by atoms with E-state index in [-0.39, 0.29) is 35.6 Å². The van der Waals surface area contributed by atoms with Crippen molar-refractivity contribution in [1.29, 1.82) is 0 Å². The van der Waals surface area contributed by atoms with Crippen LogP contribution >= 0.6 is 0 Å². The van der Waals surface area contributed by atoms with Crippen molar-refractivity contribution in [1.82, 2.24) is 4.90 Å². The number of allylic oxidation sites excluding steroid dienone is 5. The third-order valence-electron chi connectivity index (χ3n) is 3.50. The Labute approximate surface area is 167 Å². The predicted octanol–water partition coefficient (Wildman–Crippen LogP) is -2.37. The summed E-state index contributed by atoms with van der Waals surface area (Å²) in [6.45, 7) is 2.60. The van der Waals surface area contributed by atoms with Crippen molar-refractivity contribution in [3.8, 4) is 0 Å². The number of hydrogen-bond acceptors (Lipinski definition) is 1. The van der Waals surface area contributed by atoms with Crippen LogP contribution in [-0.2, 0) is 6.54 Å². The largest absolute Gasteiger partial charge is 2.00 e. The molecule has 25 heavy (non-hydrogen) atoms. The molecular weight excluding hydrogens is 513 g/mol. The van der Waals surface area contributed by atoms with Crippen molar-refractivity contribution in [3.63, 3.8) is 0 Å². The molecule has 0 saturated heterocycles. The first-order valence-corrected chi connectivity index (χ1v) is 7.49. The Morgan fingerprint density at radius 2 is 1.96 bits per heavy atom. The molecule has 0 aliphatic heterocycles. The topological polar surface area (TPSA) is 3.24 Å². The molecule has 4 heteroatoms. The van der Waals surface area contributed by atoms with Crippen molar-refractivity contribution >= 4 is 26.2 Å². The molecule has 0 unspecified atom stereocenters. The summed E-state index contributed by atoms with van der Waals surface area (Å²) in [6, 6.07) is 11.5. The molecule has 0 amide bonds. The van der Waals surface area contributed by atoms with Crippen LogP contribution in [0.15, 0.2) is 83.7 Å². The molecule has 4 radical (unpaired) electrons. The Morgan fingerprint density at radius 3 is 2.60 bits per heavy atom. The van der Waals surface area contributed by atoms with Gasteiger partial charge in [-0.1, -0.05) is 24.3 Å². The standard InChI is InChI=1S/C21H18N.Bi.2FH/c1-4-10-19(11-5-1)16-22(17-20-12-6-2-7-13-20)18-21-14-8-3-9-15-21;;;/h1-10,12,14H,16-18H2;;2*1H/q;+2;;/p-2. The zero-order valence-corrected chi connectivity index (χ0v) is 17.2. The Morgan fingerprint density at radius 1 is 1.08 bits per heavy atom. The van der Waals surface area contributed by atoms with Crippen molar-refractivity contribution in [2.24, 2.45) is 0 Å². The zero-order valence-electron chi connectivity index (χ0n) is 13.7. The molecule has 1 nitrogen and oxygen atoms in total. The summed E-state index contributed by atoms with van der Waals surface area (Å²) in [5.74, 6) is 0. The van der Waals surface area contributed by atoms with Crippen molar-refractivity contribution in [3.05, 3.63) is 108 Å². The average Bonchev–Trinajstić information content (AvgIpc) is 2.57. The Hall–Kier alpha value is -1.82. The normalized spacial score (nSPS) is 13.5. The predicted molar refractivity (Wildman–Crippen MR) is 96.4 cm³/mol. The molecule has 0 spiro atoms. The summed E-state index contributed by atoms with van der Waals surface area (Å²) in [7, 11) is 0. The van der Waals surface area contributed by atoms with Gasteiger partial charge < -0.3 is 9.41 Å². The van der Waals surface area contributed by atoms with Gasteiger partial charge in [-0.05, 0) is 11.6 Å². The third kappa shape index (κ3) is 7.73. The van der Waals surface area contributed by atoms with Crippen LogP contribution in [0.1, 0.15) is 5.56 Å². The zero-order chi connectivity index (χ0) is 15.0. The Kier molecular flexibility index (Phi) is 11.6. The Balaban J connectivity index is 0.00000192. The minimum atomic E-state index is 0. The van der Waals surface area contributed by atoms with Crippen molar-refractivity contribution < 1.29 is 9.41 Å². The fourth-order valence-corrected chi connectivity index (χ4v) is 2.48. The average molecular weight is 531 g/mol. The van der Waals surface area contributed by atoms with Crippen molar-refractivity contribution in [2.75, 3.05) is 13.1 Å². The summed E-state index contributed by atoms with van der Waals surface area (Å²) in [4.78, 5) is 2.39. The van der Waals surface area contributed by atoms with Crippen LogP contribution in [0.25, 0.3) is 0 Å². The first-order chi connectivity index (χ1) is 10.9. The van der Waals surface area contributed by atoms with E-state index < -0.39 is 0 Å². The summed E-state index contributed by atoms with van der Waals surface area (Å²) in [5.41, 5.74) is 6.92. The third-order valence-corrected chi connectivity index (χ3v) is 3.50. The molecule has 0 N–H and O–H groups in total. The monoisotopic (exact) mass is 531 g/mol. The van der Waals surface area contributed by atoms with E-state index in [1.165, 1.54) is 16.7 Å². The number of halogens is 2. The van der Waals surface area contributed by atoms with Crippen molar-refractivity contribution in [2.45, 2.75) is 6.54 Å². The van der Waals surface area contributed by atoms with Crippen LogP contribution in [0.2, 0.25) is 0 Å². The molecule has 1 aromatic carbocycles. The first-order valence-electron chi connectivity index (χ1n) is 7.49. The minimum Gasteiger partial charge on any atom is -1.00 e. The van der Waals surface area contributed by atoms with E-state index in [0.29, 0.717) is 0 Å². The van der Waals surface area contributed by atoms with E-state index in [9.17, 15) is 0 Å². The van der Waals surface area contributed by atoms with Crippen LogP contribution < -0.4 is 9.41 Å². The second-order valence-electron chi connectivity index (χ2n) is 5.31. The van der Waals surface area contributed by atoms with E-state index in [4.69, 9.17) is 0 Å². The second-order valence-corrected chi connectivity index (χ2v) is 5.31. The van der Waals surface area contributed by atoms with Crippen LogP contribution in [-0.4, -0.2) is 44.2 Å². The first kappa shape index (κ1) is 23.2. The van der Waals surface area contributed by atoms with Gasteiger partial charge in [-0.15, -0.1) is 11.6 Å². The maximum absolute atomic E-state index is 3.31. The molecular formula is C21H18BiF2N. The van der Waals surface area contributed by atoms with Gasteiger partial charge in [0.25, 0.3) is 0 Å². The Bertz CT molecular complexity index is 696. The SMILES string of the molecule is C1=C[CH-]C=CC=1CN(CC1=CC=CC=[C+]1)Cc1[c]cccc1.[Bi+2].[F-].[F-]. The van der Waals surface area contributed by atoms with Gasteiger partial charge in [-0.3, -0.25) is 10.6 Å². The summed E-state index contributed by atoms with van der Waals surface area (Å²) < 4.78 is 0. The molecule has 0 saturated carbocycles. The molecule has 2 aliphatic carbocycles. The molecule has 1 aromatic rings. The molecule has 2 aliphatic rings. The molecule has 0 bridgehead atoms. The minimum absolute atomic E-state index is 0. The van der Waals surface area contributed by atoms with Crippen LogP contribution in [0.3, 0.4) is 0 Å². The van der Waals surface area contributed by atoms with E-state index >= 15 is 0 Å². The van der Waals surface area contributed by atoms with Gasteiger partial charge in [0.05, 0.1) is 12.6 Å². The maximum Gasteiger partial charge on any atom is 2.00 e. The number of hydrogen-bond donors (Lipinski definition) is 0. The molecule has 3 rings (SSSR count). The number of benzene rings is 1. The van der Waals surface area contributed by atoms with Gasteiger partial charge in [0, 0.05) is 31.3 Å². The van der Waals surface area contributed by atoms with Crippen LogP contribution in [0, 0.1) is 18.6 Å². The quantitative estimate of drug-likeness (QED) is 0.226. The molecule has 126 valence electrons. The van der Waals surface area contributed by atoms with Crippen LogP contribution in [0.5, 0.6) is 0 Å². The molecule has 0 fully saturated rings. The second kappa shape index (κ2) is 12.5. The number of nitrogens with zero attached hydrogens (tertiary/aromatic N) is 1. The fourth-order valence-electron chi connectivity index (χ4n) is 2.48.